The molecule has 0 saturated heterocycles. The summed E-state index contributed by atoms with van der Waals surface area (Å²) < 4.78 is 0.953. The predicted molar refractivity (Wildman–Crippen MR) is 133 cm³/mol. The number of ketones is 1. The Morgan fingerprint density at radius 3 is 2.24 bits per heavy atom. The van der Waals surface area contributed by atoms with Crippen molar-refractivity contribution in [2.75, 3.05) is 4.90 Å². The van der Waals surface area contributed by atoms with E-state index >= 15 is 0 Å². The van der Waals surface area contributed by atoms with Crippen LogP contribution in [0.2, 0.25) is 0 Å². The number of benzene rings is 3. The molecule has 0 fully saturated rings. The number of aliphatic hydroxyl groups excluding tert-OH is 1. The van der Waals surface area contributed by atoms with Gasteiger partial charge in [0.05, 0.1) is 16.5 Å². The Morgan fingerprint density at radius 2 is 1.64 bits per heavy atom. The number of hydrogen-bond donors (Lipinski definition) is 1. The molecule has 0 spiro atoms. The van der Waals surface area contributed by atoms with Gasteiger partial charge in [0.1, 0.15) is 0 Å². The van der Waals surface area contributed by atoms with Crippen LogP contribution in [0.25, 0.3) is 6.08 Å². The highest BCUT2D eigenvalue weighted by Gasteiger charge is 2.43. The van der Waals surface area contributed by atoms with Gasteiger partial charge in [0.25, 0.3) is 11.6 Å². The van der Waals surface area contributed by atoms with Gasteiger partial charge in [-0.1, -0.05) is 36.4 Å². The first-order valence-electron chi connectivity index (χ1n) is 9.91. The average Bonchev–Trinajstić information content (AvgIpc) is 3.09. The van der Waals surface area contributed by atoms with Crippen LogP contribution in [-0.2, 0) is 9.59 Å². The van der Waals surface area contributed by atoms with E-state index in [1.807, 2.05) is 42.5 Å². The Morgan fingerprint density at radius 1 is 1.00 bits per heavy atom. The molecule has 0 bridgehead atoms. The number of rotatable bonds is 6. The third-order valence-corrected chi connectivity index (χ3v) is 5.94. The lowest BCUT2D eigenvalue weighted by atomic mass is 9.95. The van der Waals surface area contributed by atoms with E-state index in [0.717, 1.165) is 9.13 Å². The van der Waals surface area contributed by atoms with Crippen molar-refractivity contribution >= 4 is 51.7 Å². The minimum Gasteiger partial charge on any atom is -0.503 e. The molecule has 33 heavy (non-hydrogen) atoms. The van der Waals surface area contributed by atoms with E-state index in [4.69, 9.17) is 0 Å². The molecule has 164 valence electrons. The molecule has 1 aliphatic heterocycles. The van der Waals surface area contributed by atoms with Crippen LogP contribution in [0.3, 0.4) is 0 Å². The number of amides is 1. The fourth-order valence-electron chi connectivity index (χ4n) is 3.64. The fraction of sp³-hybridized carbons (Fsp3) is 0.0400. The van der Waals surface area contributed by atoms with Gasteiger partial charge < -0.3 is 5.11 Å². The molecule has 0 saturated carbocycles. The maximum Gasteiger partial charge on any atom is 0.294 e. The molecule has 0 aromatic heterocycles. The molecule has 0 aliphatic carbocycles. The maximum atomic E-state index is 13.2. The zero-order valence-corrected chi connectivity index (χ0v) is 19.2. The third-order valence-electron chi connectivity index (χ3n) is 5.22. The van der Waals surface area contributed by atoms with Crippen LogP contribution in [0.5, 0.6) is 0 Å². The first-order valence-corrected chi connectivity index (χ1v) is 11.0. The minimum absolute atomic E-state index is 0.0837. The third kappa shape index (κ3) is 4.56. The van der Waals surface area contributed by atoms with Crippen molar-refractivity contribution in [3.05, 3.63) is 121 Å². The standard InChI is InChI=1S/C25H17IN2O5/c26-18-9-13-19(14-10-18)27-23(17-7-11-20(12-8-17)28(32)33)22(24(30)25(27)31)21(29)15-6-16-4-2-1-3-5-16/h1-15,23,30H/b15-6+. The van der Waals surface area contributed by atoms with E-state index in [0.29, 0.717) is 11.3 Å². The van der Waals surface area contributed by atoms with E-state index in [2.05, 4.69) is 22.6 Å². The van der Waals surface area contributed by atoms with E-state index in [1.165, 1.54) is 35.2 Å². The van der Waals surface area contributed by atoms with Crippen LogP contribution in [0, 0.1) is 13.7 Å². The Bertz CT molecular complexity index is 1280. The van der Waals surface area contributed by atoms with Gasteiger partial charge in [0.15, 0.2) is 11.5 Å². The van der Waals surface area contributed by atoms with Crippen LogP contribution in [-0.4, -0.2) is 21.7 Å². The van der Waals surface area contributed by atoms with Crippen LogP contribution >= 0.6 is 22.6 Å². The number of allylic oxidation sites excluding steroid dienone is 1. The summed E-state index contributed by atoms with van der Waals surface area (Å²) in [6, 6.07) is 20.9. The molecule has 1 N–H and O–H groups in total. The summed E-state index contributed by atoms with van der Waals surface area (Å²) in [4.78, 5) is 38.1. The number of nitrogens with zero attached hydrogens (tertiary/aromatic N) is 2. The highest BCUT2D eigenvalue weighted by Crippen LogP contribution is 2.41. The van der Waals surface area contributed by atoms with Gasteiger partial charge in [0, 0.05) is 21.4 Å². The van der Waals surface area contributed by atoms with Crippen molar-refractivity contribution in [2.24, 2.45) is 0 Å². The van der Waals surface area contributed by atoms with Crippen LogP contribution < -0.4 is 4.90 Å². The quantitative estimate of drug-likeness (QED) is 0.192. The van der Waals surface area contributed by atoms with Crippen molar-refractivity contribution in [3.8, 4) is 0 Å². The number of anilines is 1. The molecule has 1 aliphatic rings. The summed E-state index contributed by atoms with van der Waals surface area (Å²) in [5.74, 6) is -1.88. The largest absolute Gasteiger partial charge is 0.503 e. The van der Waals surface area contributed by atoms with E-state index in [-0.39, 0.29) is 11.3 Å². The molecule has 0 radical (unpaired) electrons. The molecule has 1 atom stereocenters. The number of nitro groups is 1. The van der Waals surface area contributed by atoms with E-state index in [1.54, 1.807) is 18.2 Å². The molecular formula is C25H17IN2O5. The average molecular weight is 552 g/mol. The van der Waals surface area contributed by atoms with Crippen molar-refractivity contribution in [1.29, 1.82) is 0 Å². The summed E-state index contributed by atoms with van der Waals surface area (Å²) in [6.07, 6.45) is 2.91. The van der Waals surface area contributed by atoms with Crippen LogP contribution in [0.15, 0.2) is 96.3 Å². The maximum absolute atomic E-state index is 13.2. The number of carbonyl (C=O) groups excluding carboxylic acids is 2. The van der Waals surface area contributed by atoms with Gasteiger partial charge in [-0.3, -0.25) is 24.6 Å². The molecular weight excluding hydrogens is 535 g/mol. The van der Waals surface area contributed by atoms with Crippen molar-refractivity contribution in [2.45, 2.75) is 6.04 Å². The fourth-order valence-corrected chi connectivity index (χ4v) is 4.00. The van der Waals surface area contributed by atoms with Gasteiger partial charge >= 0.3 is 0 Å². The number of carbonyl (C=O) groups is 2. The summed E-state index contributed by atoms with van der Waals surface area (Å²) in [5.41, 5.74) is 1.54. The minimum atomic E-state index is -0.939. The van der Waals surface area contributed by atoms with E-state index < -0.39 is 28.4 Å². The molecule has 8 heteroatoms. The topological polar surface area (TPSA) is 101 Å². The zero-order chi connectivity index (χ0) is 23.5. The van der Waals surface area contributed by atoms with Crippen molar-refractivity contribution in [1.82, 2.24) is 0 Å². The first kappa shape index (κ1) is 22.4. The molecule has 3 aromatic rings. The Kier molecular flexibility index (Phi) is 6.36. The Hall–Kier alpha value is -3.79. The van der Waals surface area contributed by atoms with Crippen molar-refractivity contribution < 1.29 is 19.6 Å². The second-order valence-electron chi connectivity index (χ2n) is 7.27. The van der Waals surface area contributed by atoms with Gasteiger partial charge in [-0.05, 0) is 76.2 Å². The van der Waals surface area contributed by atoms with Gasteiger partial charge in [0.2, 0.25) is 0 Å². The Balaban J connectivity index is 1.79. The summed E-state index contributed by atoms with van der Waals surface area (Å²) >= 11 is 2.14. The lowest BCUT2D eigenvalue weighted by Gasteiger charge is -2.26. The first-order chi connectivity index (χ1) is 15.9. The highest BCUT2D eigenvalue weighted by molar-refractivity contribution is 14.1. The van der Waals surface area contributed by atoms with Gasteiger partial charge in [-0.15, -0.1) is 0 Å². The zero-order valence-electron chi connectivity index (χ0n) is 17.1. The molecule has 7 nitrogen and oxygen atoms in total. The predicted octanol–water partition coefficient (Wildman–Crippen LogP) is 5.38. The van der Waals surface area contributed by atoms with Gasteiger partial charge in [-0.25, -0.2) is 0 Å². The van der Waals surface area contributed by atoms with Crippen LogP contribution in [0.4, 0.5) is 11.4 Å². The number of halogens is 1. The molecule has 1 amide bonds. The van der Waals surface area contributed by atoms with Crippen molar-refractivity contribution in [3.63, 3.8) is 0 Å². The SMILES string of the molecule is O=C(/C=C/c1ccccc1)C1=C(O)C(=O)N(c2ccc(I)cc2)C1c1ccc([N+](=O)[O-])cc1. The highest BCUT2D eigenvalue weighted by atomic mass is 127. The van der Waals surface area contributed by atoms with Crippen LogP contribution in [0.1, 0.15) is 17.2 Å². The number of hydrogen-bond acceptors (Lipinski definition) is 5. The molecule has 1 heterocycles. The summed E-state index contributed by atoms with van der Waals surface area (Å²) in [6.45, 7) is 0. The lowest BCUT2D eigenvalue weighted by molar-refractivity contribution is -0.384. The number of aliphatic hydroxyl groups is 1. The molecule has 4 rings (SSSR count). The molecule has 1 unspecified atom stereocenters. The lowest BCUT2D eigenvalue weighted by Crippen LogP contribution is -2.30. The van der Waals surface area contributed by atoms with E-state index in [9.17, 15) is 24.8 Å². The normalized spacial score (nSPS) is 16.0. The molecule has 3 aromatic carbocycles. The summed E-state index contributed by atoms with van der Waals surface area (Å²) in [7, 11) is 0. The van der Waals surface area contributed by atoms with Gasteiger partial charge in [-0.2, -0.15) is 0 Å². The monoisotopic (exact) mass is 552 g/mol. The second-order valence-corrected chi connectivity index (χ2v) is 8.52. The smallest absolute Gasteiger partial charge is 0.294 e. The summed E-state index contributed by atoms with van der Waals surface area (Å²) in [5, 5.41) is 21.8. The second kappa shape index (κ2) is 9.37. The number of nitro benzene ring substituents is 1. The Labute approximate surface area is 203 Å². The number of non-ortho nitro benzene ring substituents is 1.